The van der Waals surface area contributed by atoms with Crippen LogP contribution in [0.15, 0.2) is 42.9 Å². The second kappa shape index (κ2) is 5.78. The zero-order valence-electron chi connectivity index (χ0n) is 12.2. The molecule has 0 atom stereocenters. The van der Waals surface area contributed by atoms with Gasteiger partial charge in [0.05, 0.1) is 12.2 Å². The Morgan fingerprint density at radius 3 is 2.90 bits per heavy atom. The lowest BCUT2D eigenvalue weighted by Gasteiger charge is -2.11. The average molecular weight is 282 g/mol. The minimum absolute atomic E-state index is 0.791. The lowest BCUT2D eigenvalue weighted by molar-refractivity contribution is 0.724. The zero-order chi connectivity index (χ0) is 14.7. The molecular weight excluding hydrogens is 264 g/mol. The number of benzene rings is 1. The quantitative estimate of drug-likeness (QED) is 0.780. The molecule has 0 saturated carbocycles. The molecule has 0 unspecified atom stereocenters. The number of hydrogen-bond acceptors (Lipinski definition) is 4. The fraction of sp³-hybridized carbons (Fsp3) is 0.267. The van der Waals surface area contributed by atoms with Crippen LogP contribution in [0, 0.1) is 6.92 Å². The van der Waals surface area contributed by atoms with E-state index in [0.717, 1.165) is 30.0 Å². The molecule has 2 heterocycles. The molecule has 0 aliphatic rings. The highest BCUT2D eigenvalue weighted by molar-refractivity contribution is 5.54. The predicted octanol–water partition coefficient (Wildman–Crippen LogP) is 2.40. The summed E-state index contributed by atoms with van der Waals surface area (Å²) in [6.07, 6.45) is 3.70. The first-order valence-electron chi connectivity index (χ1n) is 7.00. The highest BCUT2D eigenvalue weighted by atomic mass is 15.5. The molecule has 0 radical (unpaired) electrons. The fourth-order valence-electron chi connectivity index (χ4n) is 2.35. The van der Waals surface area contributed by atoms with Crippen molar-refractivity contribution in [1.29, 1.82) is 0 Å². The van der Waals surface area contributed by atoms with E-state index in [4.69, 9.17) is 0 Å². The number of tetrazole rings is 1. The van der Waals surface area contributed by atoms with E-state index in [2.05, 4.69) is 68.9 Å². The van der Waals surface area contributed by atoms with Crippen molar-refractivity contribution < 1.29 is 0 Å². The summed E-state index contributed by atoms with van der Waals surface area (Å²) in [4.78, 5) is 0. The second-order valence-corrected chi connectivity index (χ2v) is 4.89. The van der Waals surface area contributed by atoms with E-state index in [1.807, 2.05) is 6.92 Å². The van der Waals surface area contributed by atoms with Gasteiger partial charge in [-0.05, 0) is 54.1 Å². The number of hydrogen-bond donors (Lipinski definition) is 1. The Morgan fingerprint density at radius 2 is 2.14 bits per heavy atom. The maximum Gasteiger partial charge on any atom is 0.143 e. The monoisotopic (exact) mass is 282 g/mol. The Balaban J connectivity index is 1.79. The molecule has 0 amide bonds. The van der Waals surface area contributed by atoms with E-state index in [0.29, 0.717) is 0 Å². The number of nitrogens with zero attached hydrogens (tertiary/aromatic N) is 5. The molecule has 3 rings (SSSR count). The third-order valence-electron chi connectivity index (χ3n) is 3.54. The molecule has 21 heavy (non-hydrogen) atoms. The standard InChI is InChI=1S/C15H18N6/c1-3-20-8-4-5-14(20)10-16-13-7-6-12(2)15(9-13)21-11-17-18-19-21/h4-9,11,16H,3,10H2,1-2H3. The Labute approximate surface area is 123 Å². The van der Waals surface area contributed by atoms with Crippen molar-refractivity contribution in [2.45, 2.75) is 26.9 Å². The molecule has 2 aromatic heterocycles. The number of rotatable bonds is 5. The topological polar surface area (TPSA) is 60.6 Å². The second-order valence-electron chi connectivity index (χ2n) is 4.89. The zero-order valence-corrected chi connectivity index (χ0v) is 12.2. The van der Waals surface area contributed by atoms with Gasteiger partial charge in [0.25, 0.3) is 0 Å². The molecule has 0 fully saturated rings. The Morgan fingerprint density at radius 1 is 1.24 bits per heavy atom. The molecule has 1 aromatic carbocycles. The van der Waals surface area contributed by atoms with Gasteiger partial charge < -0.3 is 9.88 Å². The van der Waals surface area contributed by atoms with Crippen LogP contribution in [0.4, 0.5) is 5.69 Å². The van der Waals surface area contributed by atoms with Gasteiger partial charge in [-0.25, -0.2) is 4.68 Å². The summed E-state index contributed by atoms with van der Waals surface area (Å²) < 4.78 is 3.90. The van der Waals surface area contributed by atoms with Crippen molar-refractivity contribution in [3.05, 3.63) is 54.1 Å². The molecule has 6 nitrogen and oxygen atoms in total. The maximum absolute atomic E-state index is 3.95. The highest BCUT2D eigenvalue weighted by Crippen LogP contribution is 2.19. The minimum Gasteiger partial charge on any atom is -0.379 e. The molecule has 0 aliphatic heterocycles. The van der Waals surface area contributed by atoms with E-state index in [9.17, 15) is 0 Å². The molecule has 0 saturated heterocycles. The van der Waals surface area contributed by atoms with Gasteiger partial charge in [0.15, 0.2) is 0 Å². The third-order valence-corrected chi connectivity index (χ3v) is 3.54. The number of nitrogens with one attached hydrogen (secondary N) is 1. The summed E-state index contributed by atoms with van der Waals surface area (Å²) in [6, 6.07) is 10.4. The van der Waals surface area contributed by atoms with Crippen LogP contribution < -0.4 is 5.32 Å². The Kier molecular flexibility index (Phi) is 3.68. The molecule has 0 spiro atoms. The maximum atomic E-state index is 3.95. The van der Waals surface area contributed by atoms with E-state index in [1.165, 1.54) is 5.69 Å². The van der Waals surface area contributed by atoms with Crippen LogP contribution in [-0.2, 0) is 13.1 Å². The smallest absolute Gasteiger partial charge is 0.143 e. The number of aryl methyl sites for hydroxylation is 2. The first-order valence-corrected chi connectivity index (χ1v) is 7.00. The van der Waals surface area contributed by atoms with E-state index in [1.54, 1.807) is 11.0 Å². The van der Waals surface area contributed by atoms with Gasteiger partial charge in [-0.2, -0.15) is 0 Å². The molecule has 6 heteroatoms. The minimum atomic E-state index is 0.791. The van der Waals surface area contributed by atoms with Gasteiger partial charge in [-0.3, -0.25) is 0 Å². The Hall–Kier alpha value is -2.63. The molecule has 3 aromatic rings. The molecular formula is C15H18N6. The van der Waals surface area contributed by atoms with E-state index >= 15 is 0 Å². The van der Waals surface area contributed by atoms with E-state index < -0.39 is 0 Å². The summed E-state index contributed by atoms with van der Waals surface area (Å²) in [6.45, 7) is 5.96. The first-order chi connectivity index (χ1) is 10.3. The average Bonchev–Trinajstić information content (AvgIpc) is 3.17. The molecule has 1 N–H and O–H groups in total. The van der Waals surface area contributed by atoms with Gasteiger partial charge in [-0.15, -0.1) is 5.10 Å². The van der Waals surface area contributed by atoms with Crippen LogP contribution in [0.25, 0.3) is 5.69 Å². The highest BCUT2D eigenvalue weighted by Gasteiger charge is 2.05. The summed E-state index contributed by atoms with van der Waals surface area (Å²) >= 11 is 0. The van der Waals surface area contributed by atoms with E-state index in [-0.39, 0.29) is 0 Å². The summed E-state index contributed by atoms with van der Waals surface area (Å²) in [7, 11) is 0. The largest absolute Gasteiger partial charge is 0.379 e. The van der Waals surface area contributed by atoms with Crippen LogP contribution in [0.3, 0.4) is 0 Å². The van der Waals surface area contributed by atoms with Crippen molar-refractivity contribution in [3.8, 4) is 5.69 Å². The molecule has 0 aliphatic carbocycles. The van der Waals surface area contributed by atoms with Crippen LogP contribution in [-0.4, -0.2) is 24.8 Å². The summed E-state index contributed by atoms with van der Waals surface area (Å²) in [5.41, 5.74) is 4.43. The van der Waals surface area contributed by atoms with Crippen LogP contribution >= 0.6 is 0 Å². The third kappa shape index (κ3) is 2.79. The lowest BCUT2D eigenvalue weighted by atomic mass is 10.2. The molecule has 108 valence electrons. The normalized spacial score (nSPS) is 10.8. The number of anilines is 1. The summed E-state index contributed by atoms with van der Waals surface area (Å²) in [5, 5.41) is 14.8. The Bertz CT molecular complexity index is 714. The van der Waals surface area contributed by atoms with Crippen LogP contribution in [0.1, 0.15) is 18.2 Å². The van der Waals surface area contributed by atoms with Gasteiger partial charge in [0, 0.05) is 24.1 Å². The van der Waals surface area contributed by atoms with Crippen LogP contribution in [0.5, 0.6) is 0 Å². The van der Waals surface area contributed by atoms with Crippen molar-refractivity contribution in [2.24, 2.45) is 0 Å². The first kappa shape index (κ1) is 13.4. The number of aromatic nitrogens is 5. The van der Waals surface area contributed by atoms with Crippen molar-refractivity contribution in [3.63, 3.8) is 0 Å². The van der Waals surface area contributed by atoms with Crippen molar-refractivity contribution in [1.82, 2.24) is 24.8 Å². The van der Waals surface area contributed by atoms with Crippen molar-refractivity contribution >= 4 is 5.69 Å². The fourth-order valence-corrected chi connectivity index (χ4v) is 2.35. The SMILES string of the molecule is CCn1cccc1CNc1ccc(C)c(-n2cnnn2)c1. The van der Waals surface area contributed by atoms with Gasteiger partial charge in [0.1, 0.15) is 6.33 Å². The molecule has 0 bridgehead atoms. The summed E-state index contributed by atoms with van der Waals surface area (Å²) in [5.74, 6) is 0. The van der Waals surface area contributed by atoms with Gasteiger partial charge in [0.2, 0.25) is 0 Å². The lowest BCUT2D eigenvalue weighted by Crippen LogP contribution is -2.07. The van der Waals surface area contributed by atoms with Gasteiger partial charge in [-0.1, -0.05) is 6.07 Å². The predicted molar refractivity (Wildman–Crippen MR) is 81.3 cm³/mol. The van der Waals surface area contributed by atoms with Crippen LogP contribution in [0.2, 0.25) is 0 Å². The van der Waals surface area contributed by atoms with Crippen molar-refractivity contribution in [2.75, 3.05) is 5.32 Å². The van der Waals surface area contributed by atoms with Gasteiger partial charge >= 0.3 is 0 Å².